The van der Waals surface area contributed by atoms with Gasteiger partial charge in [0.05, 0.1) is 0 Å². The predicted molar refractivity (Wildman–Crippen MR) is 97.9 cm³/mol. The Morgan fingerprint density at radius 2 is 1.33 bits per heavy atom. The third-order valence-corrected chi connectivity index (χ3v) is 5.20. The van der Waals surface area contributed by atoms with E-state index in [1.54, 1.807) is 0 Å². The van der Waals surface area contributed by atoms with Gasteiger partial charge < -0.3 is 9.05 Å². The van der Waals surface area contributed by atoms with Crippen LogP contribution in [-0.4, -0.2) is 0 Å². The van der Waals surface area contributed by atoms with E-state index in [1.165, 1.54) is 11.1 Å². The minimum Gasteiger partial charge on any atom is -0.414 e. The van der Waals surface area contributed by atoms with E-state index in [0.717, 1.165) is 35.1 Å². The Morgan fingerprint density at radius 1 is 0.875 bits per heavy atom. The first-order chi connectivity index (χ1) is 11.4. The average molecular weight is 346 g/mol. The van der Waals surface area contributed by atoms with Crippen molar-refractivity contribution in [2.24, 2.45) is 0 Å². The van der Waals surface area contributed by atoms with Crippen LogP contribution >= 0.6 is 8.69 Å². The highest BCUT2D eigenvalue weighted by Crippen LogP contribution is 2.53. The minimum absolute atomic E-state index is 0.154. The van der Waals surface area contributed by atoms with E-state index >= 15 is 0 Å². The van der Waals surface area contributed by atoms with Crippen LogP contribution in [0.5, 0.6) is 11.5 Å². The van der Waals surface area contributed by atoms with Crippen molar-refractivity contribution in [3.8, 4) is 11.5 Å². The second-order valence-electron chi connectivity index (χ2n) is 6.74. The molecule has 0 saturated carbocycles. The van der Waals surface area contributed by atoms with Crippen molar-refractivity contribution >= 4 is 8.69 Å². The molecule has 0 saturated heterocycles. The van der Waals surface area contributed by atoms with Crippen LogP contribution in [0.1, 0.15) is 59.1 Å². The van der Waals surface area contributed by atoms with Gasteiger partial charge in [0, 0.05) is 17.0 Å². The van der Waals surface area contributed by atoms with E-state index < -0.39 is 8.69 Å². The van der Waals surface area contributed by atoms with Gasteiger partial charge in [0.25, 0.3) is 0 Å². The third kappa shape index (κ3) is 3.15. The number of hydrogen-bond donors (Lipinski definition) is 0. The molecule has 0 aliphatic carbocycles. The van der Waals surface area contributed by atoms with Gasteiger partial charge in [-0.15, -0.1) is 4.20 Å². The van der Waals surface area contributed by atoms with E-state index in [2.05, 4.69) is 32.9 Å². The maximum absolute atomic E-state index is 14.5. The zero-order chi connectivity index (χ0) is 17.4. The number of rotatable bonds is 2. The summed E-state index contributed by atoms with van der Waals surface area (Å²) in [6.07, 6.45) is 2.01. The molecule has 0 spiro atoms. The number of aryl methyl sites for hydroxylation is 4. The fourth-order valence-corrected chi connectivity index (χ4v) is 4.49. The fraction of sp³-hybridized carbons (Fsp3) is 0.400. The van der Waals surface area contributed by atoms with Crippen molar-refractivity contribution in [2.75, 3.05) is 0 Å². The SMILES string of the molecule is CCCC1c2cc(C)cc(C)c2OP(F)Oc2c(C)cc(C)cc21. The fourth-order valence-electron chi connectivity index (χ4n) is 3.67. The van der Waals surface area contributed by atoms with Gasteiger partial charge in [0.1, 0.15) is 11.5 Å². The number of benzene rings is 2. The molecule has 1 heterocycles. The molecular weight excluding hydrogens is 322 g/mol. The highest BCUT2D eigenvalue weighted by molar-refractivity contribution is 7.42. The Bertz CT molecular complexity index is 711. The van der Waals surface area contributed by atoms with E-state index in [0.29, 0.717) is 11.5 Å². The van der Waals surface area contributed by atoms with Crippen molar-refractivity contribution < 1.29 is 13.2 Å². The van der Waals surface area contributed by atoms with Crippen LogP contribution in [0.4, 0.5) is 4.20 Å². The zero-order valence-electron chi connectivity index (χ0n) is 14.9. The molecule has 0 bridgehead atoms. The van der Waals surface area contributed by atoms with E-state index in [9.17, 15) is 4.20 Å². The first kappa shape index (κ1) is 17.2. The van der Waals surface area contributed by atoms with Gasteiger partial charge in [0.15, 0.2) is 0 Å². The summed E-state index contributed by atoms with van der Waals surface area (Å²) in [6, 6.07) is 8.35. The molecule has 2 aromatic carbocycles. The molecule has 2 aromatic rings. The Balaban J connectivity index is 2.30. The van der Waals surface area contributed by atoms with Crippen LogP contribution in [0.3, 0.4) is 0 Å². The highest BCUT2D eigenvalue weighted by Gasteiger charge is 2.31. The summed E-state index contributed by atoms with van der Waals surface area (Å²) in [7, 11) is -2.49. The normalized spacial score (nSPS) is 19.4. The molecule has 2 nitrogen and oxygen atoms in total. The number of hydrogen-bond acceptors (Lipinski definition) is 2. The van der Waals surface area contributed by atoms with Gasteiger partial charge in [-0.3, -0.25) is 0 Å². The molecule has 1 aliphatic rings. The van der Waals surface area contributed by atoms with Crippen molar-refractivity contribution in [1.29, 1.82) is 0 Å². The molecule has 24 heavy (non-hydrogen) atoms. The lowest BCUT2D eigenvalue weighted by atomic mass is 9.83. The van der Waals surface area contributed by atoms with Crippen LogP contribution in [0.2, 0.25) is 0 Å². The molecule has 0 aromatic heterocycles. The molecule has 0 amide bonds. The van der Waals surface area contributed by atoms with Crippen molar-refractivity contribution in [3.63, 3.8) is 0 Å². The summed E-state index contributed by atoms with van der Waals surface area (Å²) < 4.78 is 25.7. The van der Waals surface area contributed by atoms with Crippen LogP contribution in [0, 0.1) is 27.7 Å². The number of halogens is 1. The second-order valence-corrected chi connectivity index (χ2v) is 7.53. The molecular formula is C20H24FO2P. The second kappa shape index (κ2) is 6.72. The van der Waals surface area contributed by atoms with Crippen LogP contribution < -0.4 is 9.05 Å². The van der Waals surface area contributed by atoms with Crippen molar-refractivity contribution in [3.05, 3.63) is 57.6 Å². The minimum atomic E-state index is -2.49. The van der Waals surface area contributed by atoms with Crippen LogP contribution in [0.15, 0.2) is 24.3 Å². The molecule has 0 atom stereocenters. The molecule has 1 aliphatic heterocycles. The van der Waals surface area contributed by atoms with Crippen molar-refractivity contribution in [1.82, 2.24) is 0 Å². The Hall–Kier alpha value is -1.60. The lowest BCUT2D eigenvalue weighted by molar-refractivity contribution is 0.417. The van der Waals surface area contributed by atoms with E-state index in [1.807, 2.05) is 26.0 Å². The maximum atomic E-state index is 14.5. The monoisotopic (exact) mass is 346 g/mol. The molecule has 0 radical (unpaired) electrons. The smallest absolute Gasteiger partial charge is 0.414 e. The summed E-state index contributed by atoms with van der Waals surface area (Å²) in [5, 5.41) is 0. The summed E-state index contributed by atoms with van der Waals surface area (Å²) in [6.45, 7) is 10.3. The summed E-state index contributed by atoms with van der Waals surface area (Å²) in [5.41, 5.74) is 6.43. The predicted octanol–water partition coefficient (Wildman–Crippen LogP) is 6.82. The molecule has 0 fully saturated rings. The third-order valence-electron chi connectivity index (χ3n) is 4.55. The van der Waals surface area contributed by atoms with Crippen molar-refractivity contribution in [2.45, 2.75) is 53.4 Å². The zero-order valence-corrected chi connectivity index (χ0v) is 15.8. The molecule has 4 heteroatoms. The first-order valence-corrected chi connectivity index (χ1v) is 9.51. The lowest BCUT2D eigenvalue weighted by Crippen LogP contribution is -2.11. The van der Waals surface area contributed by atoms with E-state index in [-0.39, 0.29) is 5.92 Å². The molecule has 0 N–H and O–H groups in total. The lowest BCUT2D eigenvalue weighted by Gasteiger charge is -2.29. The maximum Gasteiger partial charge on any atom is 0.505 e. The van der Waals surface area contributed by atoms with Crippen LogP contribution in [-0.2, 0) is 0 Å². The Labute approximate surface area is 145 Å². The summed E-state index contributed by atoms with van der Waals surface area (Å²) >= 11 is 0. The van der Waals surface area contributed by atoms with Gasteiger partial charge in [-0.05, 0) is 45.2 Å². The summed E-state index contributed by atoms with van der Waals surface area (Å²) in [5.74, 6) is 1.45. The molecule has 3 rings (SSSR count). The van der Waals surface area contributed by atoms with Gasteiger partial charge in [-0.25, -0.2) is 0 Å². The van der Waals surface area contributed by atoms with Gasteiger partial charge >= 0.3 is 8.69 Å². The quantitative estimate of drug-likeness (QED) is 0.555. The highest BCUT2D eigenvalue weighted by atomic mass is 31.2. The largest absolute Gasteiger partial charge is 0.505 e. The first-order valence-electron chi connectivity index (χ1n) is 8.44. The summed E-state index contributed by atoms with van der Waals surface area (Å²) in [4.78, 5) is 0. The number of fused-ring (bicyclic) bond motifs is 2. The van der Waals surface area contributed by atoms with E-state index in [4.69, 9.17) is 9.05 Å². The van der Waals surface area contributed by atoms with Gasteiger partial charge in [0.2, 0.25) is 0 Å². The molecule has 0 unspecified atom stereocenters. The molecule has 128 valence electrons. The van der Waals surface area contributed by atoms with Gasteiger partial charge in [-0.1, -0.05) is 48.7 Å². The average Bonchev–Trinajstić information content (AvgIpc) is 2.49. The van der Waals surface area contributed by atoms with Crippen LogP contribution in [0.25, 0.3) is 0 Å². The standard InChI is InChI=1S/C20H24FO2P/c1-6-7-16-17-10-12(2)8-14(4)19(17)22-24(21)23-20-15(5)9-13(3)11-18(16)20/h8-11,16H,6-7H2,1-5H3. The van der Waals surface area contributed by atoms with Gasteiger partial charge in [-0.2, -0.15) is 0 Å². The topological polar surface area (TPSA) is 18.5 Å². The Kier molecular flexibility index (Phi) is 4.83. The Morgan fingerprint density at radius 3 is 1.75 bits per heavy atom.